The Kier molecular flexibility index (Phi) is 6.54. The number of hydrogen-bond donors (Lipinski definition) is 3. The molecule has 0 aliphatic carbocycles. The number of carbonyl (C=O) groups is 4. The molecule has 0 unspecified atom stereocenters. The van der Waals surface area contributed by atoms with Crippen LogP contribution in [0.3, 0.4) is 0 Å². The van der Waals surface area contributed by atoms with Crippen molar-refractivity contribution in [3.63, 3.8) is 0 Å². The van der Waals surface area contributed by atoms with Crippen LogP contribution in [0.15, 0.2) is 0 Å². The zero-order chi connectivity index (χ0) is 13.4. The molecule has 96 valence electrons. The summed E-state index contributed by atoms with van der Waals surface area (Å²) in [6, 6.07) is -1.94. The van der Waals surface area contributed by atoms with Crippen molar-refractivity contribution < 1.29 is 24.3 Å². The molecule has 1 atom stereocenters. The van der Waals surface area contributed by atoms with Crippen LogP contribution < -0.4 is 10.6 Å². The van der Waals surface area contributed by atoms with Crippen molar-refractivity contribution in [1.29, 1.82) is 0 Å². The predicted octanol–water partition coefficient (Wildman–Crippen LogP) is -0.303. The first kappa shape index (κ1) is 15.1. The SMILES string of the molecule is CNC(=O)N[C@H](CC(=O)CCC(C)=O)C(=O)O. The van der Waals surface area contributed by atoms with Crippen molar-refractivity contribution in [1.82, 2.24) is 10.6 Å². The smallest absolute Gasteiger partial charge is 0.326 e. The number of amides is 2. The minimum atomic E-state index is -1.29. The fourth-order valence-electron chi connectivity index (χ4n) is 1.08. The van der Waals surface area contributed by atoms with Gasteiger partial charge in [-0.1, -0.05) is 0 Å². The summed E-state index contributed by atoms with van der Waals surface area (Å²) in [5, 5.41) is 13.1. The van der Waals surface area contributed by atoms with E-state index in [0.717, 1.165) is 0 Å². The van der Waals surface area contributed by atoms with Crippen LogP contribution in [0.2, 0.25) is 0 Å². The highest BCUT2D eigenvalue weighted by atomic mass is 16.4. The lowest BCUT2D eigenvalue weighted by atomic mass is 10.1. The highest BCUT2D eigenvalue weighted by Gasteiger charge is 2.22. The van der Waals surface area contributed by atoms with Crippen molar-refractivity contribution in [3.8, 4) is 0 Å². The summed E-state index contributed by atoms with van der Waals surface area (Å²) in [6.07, 6.45) is -0.240. The lowest BCUT2D eigenvalue weighted by molar-refractivity contribution is -0.141. The Balaban J connectivity index is 4.25. The van der Waals surface area contributed by atoms with Crippen LogP contribution >= 0.6 is 0 Å². The number of Topliss-reactive ketones (excluding diaryl/α,β-unsaturated/α-hetero) is 2. The second-order valence-corrected chi connectivity index (χ2v) is 3.56. The van der Waals surface area contributed by atoms with E-state index < -0.39 is 18.0 Å². The van der Waals surface area contributed by atoms with E-state index >= 15 is 0 Å². The molecular formula is C10H16N2O5. The maximum Gasteiger partial charge on any atom is 0.326 e. The normalized spacial score (nSPS) is 11.4. The number of carboxylic acid groups (broad SMARTS) is 1. The molecule has 0 aromatic rings. The van der Waals surface area contributed by atoms with Crippen molar-refractivity contribution >= 4 is 23.6 Å². The quantitative estimate of drug-likeness (QED) is 0.569. The molecule has 0 rings (SSSR count). The molecular weight excluding hydrogens is 228 g/mol. The third-order valence-corrected chi connectivity index (χ3v) is 2.02. The van der Waals surface area contributed by atoms with Gasteiger partial charge in [0.15, 0.2) is 0 Å². The van der Waals surface area contributed by atoms with E-state index in [1.807, 2.05) is 0 Å². The van der Waals surface area contributed by atoms with Crippen LogP contribution in [0.1, 0.15) is 26.2 Å². The average Bonchev–Trinajstić information content (AvgIpc) is 2.25. The van der Waals surface area contributed by atoms with Gasteiger partial charge in [0.05, 0.1) is 0 Å². The molecule has 17 heavy (non-hydrogen) atoms. The molecule has 0 aromatic carbocycles. The van der Waals surface area contributed by atoms with E-state index in [9.17, 15) is 19.2 Å². The third-order valence-electron chi connectivity index (χ3n) is 2.02. The predicted molar refractivity (Wildman–Crippen MR) is 58.6 cm³/mol. The van der Waals surface area contributed by atoms with E-state index in [4.69, 9.17) is 5.11 Å². The van der Waals surface area contributed by atoms with Gasteiger partial charge in [0.1, 0.15) is 17.6 Å². The lowest BCUT2D eigenvalue weighted by Gasteiger charge is -2.13. The molecule has 0 bridgehead atoms. The second kappa shape index (κ2) is 7.37. The first-order valence-corrected chi connectivity index (χ1v) is 5.09. The molecule has 0 radical (unpaired) electrons. The monoisotopic (exact) mass is 244 g/mol. The van der Waals surface area contributed by atoms with Gasteiger partial charge in [-0.25, -0.2) is 9.59 Å². The number of urea groups is 1. The van der Waals surface area contributed by atoms with Gasteiger partial charge >= 0.3 is 12.0 Å². The van der Waals surface area contributed by atoms with E-state index in [-0.39, 0.29) is 30.8 Å². The Hall–Kier alpha value is -1.92. The summed E-state index contributed by atoms with van der Waals surface area (Å²) in [7, 11) is 1.34. The van der Waals surface area contributed by atoms with Crippen molar-refractivity contribution in [2.75, 3.05) is 7.05 Å². The molecule has 0 fully saturated rings. The van der Waals surface area contributed by atoms with Gasteiger partial charge in [-0.05, 0) is 6.92 Å². The molecule has 0 heterocycles. The lowest BCUT2D eigenvalue weighted by Crippen LogP contribution is -2.45. The van der Waals surface area contributed by atoms with Crippen LogP contribution in [-0.2, 0) is 14.4 Å². The van der Waals surface area contributed by atoms with E-state index in [0.29, 0.717) is 0 Å². The number of rotatable bonds is 7. The second-order valence-electron chi connectivity index (χ2n) is 3.56. The zero-order valence-corrected chi connectivity index (χ0v) is 9.78. The summed E-state index contributed by atoms with van der Waals surface area (Å²) in [5.74, 6) is -1.79. The van der Waals surface area contributed by atoms with Gasteiger partial charge in [-0.3, -0.25) is 4.79 Å². The van der Waals surface area contributed by atoms with Crippen LogP contribution in [0.5, 0.6) is 0 Å². The highest BCUT2D eigenvalue weighted by Crippen LogP contribution is 2.01. The highest BCUT2D eigenvalue weighted by molar-refractivity contribution is 5.90. The summed E-state index contributed by atoms with van der Waals surface area (Å²) in [4.78, 5) is 43.7. The first-order valence-electron chi connectivity index (χ1n) is 5.09. The molecule has 0 spiro atoms. The molecule has 0 aliphatic rings. The molecule has 0 saturated heterocycles. The molecule has 0 saturated carbocycles. The van der Waals surface area contributed by atoms with E-state index in [1.165, 1.54) is 14.0 Å². The Morgan fingerprint density at radius 1 is 1.18 bits per heavy atom. The molecule has 7 nitrogen and oxygen atoms in total. The van der Waals surface area contributed by atoms with Gasteiger partial charge in [0.2, 0.25) is 0 Å². The third kappa shape index (κ3) is 7.04. The minimum Gasteiger partial charge on any atom is -0.480 e. The number of carboxylic acids is 1. The molecule has 7 heteroatoms. The molecule has 0 aliphatic heterocycles. The van der Waals surface area contributed by atoms with Gasteiger partial charge < -0.3 is 20.5 Å². The standard InChI is InChI=1S/C10H16N2O5/c1-6(13)3-4-7(14)5-8(9(15)16)12-10(17)11-2/h8H,3-5H2,1-2H3,(H,15,16)(H2,11,12,17)/t8-/m1/s1. The van der Waals surface area contributed by atoms with Gasteiger partial charge in [-0.15, -0.1) is 0 Å². The Bertz CT molecular complexity index is 327. The first-order chi connectivity index (χ1) is 7.86. The maximum atomic E-state index is 11.3. The van der Waals surface area contributed by atoms with Crippen LogP contribution in [-0.4, -0.2) is 41.8 Å². The fraction of sp³-hybridized carbons (Fsp3) is 0.600. The Morgan fingerprint density at radius 3 is 2.18 bits per heavy atom. The number of carbonyl (C=O) groups excluding carboxylic acids is 3. The topological polar surface area (TPSA) is 113 Å². The number of ketones is 2. The summed E-state index contributed by atoms with van der Waals surface area (Å²) < 4.78 is 0. The molecule has 0 aromatic heterocycles. The average molecular weight is 244 g/mol. The van der Waals surface area contributed by atoms with Gasteiger partial charge in [0, 0.05) is 26.3 Å². The van der Waals surface area contributed by atoms with Crippen molar-refractivity contribution in [3.05, 3.63) is 0 Å². The summed E-state index contributed by atoms with van der Waals surface area (Å²) in [6.45, 7) is 1.35. The largest absolute Gasteiger partial charge is 0.480 e. The van der Waals surface area contributed by atoms with Gasteiger partial charge in [0.25, 0.3) is 0 Å². The van der Waals surface area contributed by atoms with Crippen LogP contribution in [0.25, 0.3) is 0 Å². The summed E-state index contributed by atoms with van der Waals surface area (Å²) in [5.41, 5.74) is 0. The fourth-order valence-corrected chi connectivity index (χ4v) is 1.08. The molecule has 2 amide bonds. The summed E-state index contributed by atoms with van der Waals surface area (Å²) >= 11 is 0. The number of nitrogens with one attached hydrogen (secondary N) is 2. The molecule has 3 N–H and O–H groups in total. The zero-order valence-electron chi connectivity index (χ0n) is 9.78. The van der Waals surface area contributed by atoms with Crippen LogP contribution in [0.4, 0.5) is 4.79 Å². The Morgan fingerprint density at radius 2 is 1.76 bits per heavy atom. The van der Waals surface area contributed by atoms with Gasteiger partial charge in [-0.2, -0.15) is 0 Å². The Labute approximate surface area is 98.6 Å². The maximum absolute atomic E-state index is 11.3. The minimum absolute atomic E-state index is 0.00542. The number of hydrogen-bond acceptors (Lipinski definition) is 4. The van der Waals surface area contributed by atoms with E-state index in [1.54, 1.807) is 0 Å². The van der Waals surface area contributed by atoms with Crippen LogP contribution in [0, 0.1) is 0 Å². The van der Waals surface area contributed by atoms with Crippen molar-refractivity contribution in [2.24, 2.45) is 0 Å². The van der Waals surface area contributed by atoms with Crippen molar-refractivity contribution in [2.45, 2.75) is 32.2 Å². The van der Waals surface area contributed by atoms with E-state index in [2.05, 4.69) is 10.6 Å². The number of aliphatic carboxylic acids is 1.